The number of alkyl halides is 3. The Balaban J connectivity index is 2.23. The van der Waals surface area contributed by atoms with Crippen LogP contribution in [0.3, 0.4) is 0 Å². The van der Waals surface area contributed by atoms with E-state index < -0.39 is 29.1 Å². The minimum atomic E-state index is -5.14. The summed E-state index contributed by atoms with van der Waals surface area (Å²) >= 11 is 0. The van der Waals surface area contributed by atoms with E-state index in [0.29, 0.717) is 0 Å². The number of amides is 2. The first-order valence-corrected chi connectivity index (χ1v) is 7.07. The molecule has 0 unspecified atom stereocenters. The van der Waals surface area contributed by atoms with E-state index in [1.807, 2.05) is 5.32 Å². The van der Waals surface area contributed by atoms with Gasteiger partial charge >= 0.3 is 6.18 Å². The lowest BCUT2D eigenvalue weighted by atomic mass is 9.90. The van der Waals surface area contributed by atoms with Crippen molar-refractivity contribution in [3.8, 4) is 6.07 Å². The van der Waals surface area contributed by atoms with E-state index in [1.165, 1.54) is 13.0 Å². The average Bonchev–Trinajstić information content (AvgIpc) is 2.76. The van der Waals surface area contributed by atoms with Crippen LogP contribution in [0.1, 0.15) is 18.9 Å². The Morgan fingerprint density at radius 1 is 1.33 bits per heavy atom. The number of rotatable bonds is 4. The summed E-state index contributed by atoms with van der Waals surface area (Å²) in [4.78, 5) is 23.9. The molecule has 0 radical (unpaired) electrons. The van der Waals surface area contributed by atoms with Gasteiger partial charge in [-0.05, 0) is 18.9 Å². The zero-order valence-electron chi connectivity index (χ0n) is 12.7. The van der Waals surface area contributed by atoms with Crippen LogP contribution < -0.4 is 10.6 Å². The van der Waals surface area contributed by atoms with Crippen LogP contribution >= 0.6 is 0 Å². The molecule has 1 aromatic rings. The van der Waals surface area contributed by atoms with Crippen LogP contribution in [0, 0.1) is 11.3 Å². The summed E-state index contributed by atoms with van der Waals surface area (Å²) in [5.41, 5.74) is -3.62. The predicted molar refractivity (Wildman–Crippen MR) is 78.1 cm³/mol. The molecule has 24 heavy (non-hydrogen) atoms. The Bertz CT molecular complexity index is 735. The maximum atomic E-state index is 13.5. The van der Waals surface area contributed by atoms with Crippen LogP contribution in [0.25, 0.3) is 0 Å². The number of nitriles is 1. The summed E-state index contributed by atoms with van der Waals surface area (Å²) in [6.45, 7) is 1.18. The molecule has 0 fully saturated rings. The standard InChI is InChI=1S/C16H14F3N3O2/c1-10-12(9-20)15(14(24)21-10,16(17,18)19)22-13(23)8-7-11-5-3-2-4-6-11/h2-6H,7-8H2,1H3,(H,21,24)(H,22,23)/t15-/m0/s1. The van der Waals surface area contributed by atoms with E-state index in [4.69, 9.17) is 5.26 Å². The van der Waals surface area contributed by atoms with Crippen LogP contribution in [0.15, 0.2) is 41.6 Å². The fourth-order valence-corrected chi connectivity index (χ4v) is 2.52. The second-order valence-corrected chi connectivity index (χ2v) is 5.35. The molecule has 5 nitrogen and oxygen atoms in total. The summed E-state index contributed by atoms with van der Waals surface area (Å²) in [5, 5.41) is 12.7. The number of halogens is 3. The van der Waals surface area contributed by atoms with Crippen LogP contribution in [0.5, 0.6) is 0 Å². The van der Waals surface area contributed by atoms with Gasteiger partial charge in [-0.1, -0.05) is 30.3 Å². The molecule has 1 atom stereocenters. The minimum Gasteiger partial charge on any atom is -0.330 e. The number of hydrogen-bond acceptors (Lipinski definition) is 3. The quantitative estimate of drug-likeness (QED) is 0.881. The SMILES string of the molecule is CC1=C(C#N)[C@@](NC(=O)CCc2ccccc2)(C(F)(F)F)C(=O)N1. The monoisotopic (exact) mass is 337 g/mol. The largest absolute Gasteiger partial charge is 0.425 e. The summed E-state index contributed by atoms with van der Waals surface area (Å²) in [6.07, 6.45) is -5.16. The van der Waals surface area contributed by atoms with E-state index in [0.717, 1.165) is 5.56 Å². The molecular formula is C16H14F3N3O2. The first-order chi connectivity index (χ1) is 11.2. The molecule has 0 spiro atoms. The van der Waals surface area contributed by atoms with Gasteiger partial charge in [0.1, 0.15) is 0 Å². The molecule has 0 aromatic heterocycles. The van der Waals surface area contributed by atoms with E-state index in [2.05, 4.69) is 0 Å². The highest BCUT2D eigenvalue weighted by Crippen LogP contribution is 2.40. The van der Waals surface area contributed by atoms with Gasteiger partial charge in [0.05, 0.1) is 11.6 Å². The van der Waals surface area contributed by atoms with Crippen molar-refractivity contribution < 1.29 is 22.8 Å². The zero-order chi connectivity index (χ0) is 18.0. The third-order valence-electron chi connectivity index (χ3n) is 3.74. The van der Waals surface area contributed by atoms with E-state index >= 15 is 0 Å². The van der Waals surface area contributed by atoms with Crippen molar-refractivity contribution in [2.24, 2.45) is 0 Å². The summed E-state index contributed by atoms with van der Waals surface area (Å²) < 4.78 is 40.6. The summed E-state index contributed by atoms with van der Waals surface area (Å²) in [7, 11) is 0. The van der Waals surface area contributed by atoms with Gasteiger partial charge in [0, 0.05) is 12.1 Å². The molecule has 1 aliphatic rings. The molecule has 1 aliphatic heterocycles. The molecule has 2 amide bonds. The number of aryl methyl sites for hydroxylation is 1. The molecular weight excluding hydrogens is 323 g/mol. The smallest absolute Gasteiger partial charge is 0.330 e. The molecule has 1 heterocycles. The molecule has 0 aliphatic carbocycles. The number of nitrogens with one attached hydrogen (secondary N) is 2. The average molecular weight is 337 g/mol. The minimum absolute atomic E-state index is 0.215. The Labute approximate surface area is 136 Å². The van der Waals surface area contributed by atoms with E-state index in [9.17, 15) is 22.8 Å². The molecule has 2 N–H and O–H groups in total. The third kappa shape index (κ3) is 2.97. The first kappa shape index (κ1) is 17.5. The van der Waals surface area contributed by atoms with Gasteiger partial charge in [-0.15, -0.1) is 0 Å². The van der Waals surface area contributed by atoms with Crippen molar-refractivity contribution in [2.45, 2.75) is 31.5 Å². The van der Waals surface area contributed by atoms with Crippen LogP contribution in [-0.2, 0) is 16.0 Å². The lowest BCUT2D eigenvalue weighted by Gasteiger charge is -2.30. The second kappa shape index (κ2) is 6.35. The Morgan fingerprint density at radius 3 is 2.50 bits per heavy atom. The van der Waals surface area contributed by atoms with Crippen LogP contribution in [-0.4, -0.2) is 23.5 Å². The van der Waals surface area contributed by atoms with Gasteiger partial charge in [0.2, 0.25) is 5.91 Å². The first-order valence-electron chi connectivity index (χ1n) is 7.07. The number of carbonyl (C=O) groups excluding carboxylic acids is 2. The number of hydrogen-bond donors (Lipinski definition) is 2. The normalized spacial score (nSPS) is 20.5. The zero-order valence-corrected chi connectivity index (χ0v) is 12.7. The van der Waals surface area contributed by atoms with Crippen molar-refractivity contribution in [1.82, 2.24) is 10.6 Å². The van der Waals surface area contributed by atoms with Gasteiger partial charge in [0.15, 0.2) is 0 Å². The molecule has 1 aromatic carbocycles. The van der Waals surface area contributed by atoms with Gasteiger partial charge < -0.3 is 10.6 Å². The Kier molecular flexibility index (Phi) is 4.64. The molecule has 0 saturated carbocycles. The number of allylic oxidation sites excluding steroid dienone is 1. The van der Waals surface area contributed by atoms with E-state index in [-0.39, 0.29) is 18.5 Å². The molecule has 126 valence electrons. The number of nitrogens with zero attached hydrogens (tertiary/aromatic N) is 1. The van der Waals surface area contributed by atoms with Gasteiger partial charge in [0.25, 0.3) is 11.4 Å². The second-order valence-electron chi connectivity index (χ2n) is 5.35. The van der Waals surface area contributed by atoms with Crippen molar-refractivity contribution in [3.63, 3.8) is 0 Å². The number of carbonyl (C=O) groups is 2. The van der Waals surface area contributed by atoms with E-state index in [1.54, 1.807) is 35.6 Å². The van der Waals surface area contributed by atoms with Crippen molar-refractivity contribution >= 4 is 11.8 Å². The van der Waals surface area contributed by atoms with Gasteiger partial charge in [-0.3, -0.25) is 9.59 Å². The highest BCUT2D eigenvalue weighted by molar-refractivity contribution is 6.00. The fraction of sp³-hybridized carbons (Fsp3) is 0.312. The number of benzene rings is 1. The fourth-order valence-electron chi connectivity index (χ4n) is 2.52. The maximum absolute atomic E-state index is 13.5. The van der Waals surface area contributed by atoms with Gasteiger partial charge in [-0.25, -0.2) is 0 Å². The van der Waals surface area contributed by atoms with Crippen molar-refractivity contribution in [1.29, 1.82) is 5.26 Å². The Morgan fingerprint density at radius 2 is 1.96 bits per heavy atom. The topological polar surface area (TPSA) is 82.0 Å². The molecule has 0 saturated heterocycles. The lowest BCUT2D eigenvalue weighted by Crippen LogP contribution is -2.64. The maximum Gasteiger partial charge on any atom is 0.425 e. The predicted octanol–water partition coefficient (Wildman–Crippen LogP) is 1.96. The van der Waals surface area contributed by atoms with Crippen LogP contribution in [0.2, 0.25) is 0 Å². The highest BCUT2D eigenvalue weighted by Gasteiger charge is 2.67. The molecule has 0 bridgehead atoms. The highest BCUT2D eigenvalue weighted by atomic mass is 19.4. The summed E-state index contributed by atoms with van der Waals surface area (Å²) in [5.74, 6) is -2.44. The molecule has 2 rings (SSSR count). The molecule has 8 heteroatoms. The Hall–Kier alpha value is -2.82. The lowest BCUT2D eigenvalue weighted by molar-refractivity contribution is -0.189. The third-order valence-corrected chi connectivity index (χ3v) is 3.74. The van der Waals surface area contributed by atoms with Gasteiger partial charge in [-0.2, -0.15) is 18.4 Å². The summed E-state index contributed by atoms with van der Waals surface area (Å²) in [6, 6.07) is 10.1. The van der Waals surface area contributed by atoms with Crippen molar-refractivity contribution in [2.75, 3.05) is 0 Å². The van der Waals surface area contributed by atoms with Crippen molar-refractivity contribution in [3.05, 3.63) is 47.2 Å². The van der Waals surface area contributed by atoms with Crippen LogP contribution in [0.4, 0.5) is 13.2 Å².